The summed E-state index contributed by atoms with van der Waals surface area (Å²) in [6, 6.07) is 45.4. The quantitative estimate of drug-likeness (QED) is 0.0411. The van der Waals surface area contributed by atoms with Gasteiger partial charge in [0.05, 0.1) is 24.2 Å². The fraction of sp³-hybridized carbons (Fsp3) is 0.410. The van der Waals surface area contributed by atoms with E-state index in [4.69, 9.17) is 19.4 Å². The van der Waals surface area contributed by atoms with Gasteiger partial charge in [0.15, 0.2) is 0 Å². The Balaban J connectivity index is 1.07. The van der Waals surface area contributed by atoms with Gasteiger partial charge in [-0.2, -0.15) is 0 Å². The molecule has 0 fully saturated rings. The molecule has 0 radical (unpaired) electrons. The molecule has 7 aromatic heterocycles. The normalized spacial score (nSPS) is 13.3. The molecule has 0 aliphatic heterocycles. The highest BCUT2D eigenvalue weighted by Gasteiger charge is 2.27. The second-order valence-electron chi connectivity index (χ2n) is 24.4. The van der Waals surface area contributed by atoms with Gasteiger partial charge in [-0.1, -0.05) is 188 Å². The van der Waals surface area contributed by atoms with E-state index < -0.39 is 0 Å². The van der Waals surface area contributed by atoms with Crippen LogP contribution in [0.1, 0.15) is 168 Å². The van der Waals surface area contributed by atoms with E-state index in [2.05, 4.69) is 187 Å². The van der Waals surface area contributed by atoms with Crippen molar-refractivity contribution >= 4 is 99.2 Å². The molecule has 4 nitrogen and oxygen atoms in total. The summed E-state index contributed by atoms with van der Waals surface area (Å²) in [5, 5.41) is 7.26. The van der Waals surface area contributed by atoms with E-state index >= 15 is 0 Å². The molecule has 0 aliphatic carbocycles. The average molecular weight is 1280 g/mol. The minimum atomic E-state index is 0.469. The SMILES string of the molecule is CCCCC(CC)COc1ccccc1-c1nc2c(-c3cccs3)ccc(-c3ccc(-c4cc5c(-c6ccc(CC(CC)CCCC)s6)c6sccc6c(-c6ccc(CC(CC)CCCC)s6)c5s4)s3)c2nc1-c1ccccc1OCC(CC)CCCC. The molecule has 0 N–H and O–H groups in total. The van der Waals surface area contributed by atoms with Gasteiger partial charge in [0.25, 0.3) is 0 Å². The molecule has 0 aliphatic rings. The van der Waals surface area contributed by atoms with Gasteiger partial charge in [0.2, 0.25) is 0 Å². The van der Waals surface area contributed by atoms with Crippen molar-refractivity contribution in [3.05, 3.63) is 142 Å². The van der Waals surface area contributed by atoms with E-state index in [0.717, 1.165) is 107 Å². The largest absolute Gasteiger partial charge is 0.493 e. The Morgan fingerprint density at radius 2 is 0.864 bits per heavy atom. The first-order valence-corrected chi connectivity index (χ1v) is 38.4. The maximum Gasteiger partial charge on any atom is 0.128 e. The van der Waals surface area contributed by atoms with E-state index in [0.29, 0.717) is 25.0 Å². The lowest BCUT2D eigenvalue weighted by molar-refractivity contribution is 0.234. The second kappa shape index (κ2) is 31.0. The van der Waals surface area contributed by atoms with Crippen molar-refractivity contribution in [1.82, 2.24) is 9.97 Å². The molecule has 88 heavy (non-hydrogen) atoms. The summed E-state index contributed by atoms with van der Waals surface area (Å²) >= 11 is 11.6. The first-order chi connectivity index (χ1) is 43.3. The lowest BCUT2D eigenvalue weighted by Crippen LogP contribution is -2.12. The van der Waals surface area contributed by atoms with Crippen LogP contribution in [0.3, 0.4) is 0 Å². The Morgan fingerprint density at radius 1 is 0.375 bits per heavy atom. The Hall–Kier alpha value is -5.46. The molecule has 4 aromatic carbocycles. The number of para-hydroxylation sites is 2. The van der Waals surface area contributed by atoms with Crippen LogP contribution in [-0.4, -0.2) is 23.2 Å². The number of thiophene rings is 6. The van der Waals surface area contributed by atoms with Crippen LogP contribution < -0.4 is 9.47 Å². The Kier molecular flexibility index (Phi) is 22.6. The van der Waals surface area contributed by atoms with Gasteiger partial charge in [0.1, 0.15) is 22.9 Å². The molecule has 7 heterocycles. The van der Waals surface area contributed by atoms with Crippen LogP contribution in [0.2, 0.25) is 0 Å². The Bertz CT molecular complexity index is 3890. The molecule has 0 amide bonds. The van der Waals surface area contributed by atoms with E-state index in [-0.39, 0.29) is 0 Å². The summed E-state index contributed by atoms with van der Waals surface area (Å²) < 4.78 is 16.7. The monoisotopic (exact) mass is 1280 g/mol. The van der Waals surface area contributed by atoms with Crippen LogP contribution in [-0.2, 0) is 12.8 Å². The summed E-state index contributed by atoms with van der Waals surface area (Å²) in [5.74, 6) is 4.06. The number of ether oxygens (including phenoxy) is 2. The molecule has 460 valence electrons. The zero-order valence-corrected chi connectivity index (χ0v) is 58.2. The van der Waals surface area contributed by atoms with Gasteiger partial charge in [0, 0.05) is 92.6 Å². The van der Waals surface area contributed by atoms with E-state index in [1.165, 1.54) is 147 Å². The number of aromatic nitrogens is 2. The number of rotatable bonds is 33. The van der Waals surface area contributed by atoms with Crippen LogP contribution in [0, 0.1) is 23.7 Å². The molecule has 10 heteroatoms. The molecular weight excluding hydrogens is 1190 g/mol. The van der Waals surface area contributed by atoms with Crippen LogP contribution in [0.15, 0.2) is 132 Å². The van der Waals surface area contributed by atoms with Crippen molar-refractivity contribution in [2.24, 2.45) is 23.7 Å². The fourth-order valence-electron chi connectivity index (χ4n) is 12.8. The molecule has 4 unspecified atom stereocenters. The minimum Gasteiger partial charge on any atom is -0.493 e. The van der Waals surface area contributed by atoms with Gasteiger partial charge < -0.3 is 9.47 Å². The minimum absolute atomic E-state index is 0.469. The number of hydrogen-bond donors (Lipinski definition) is 0. The smallest absolute Gasteiger partial charge is 0.128 e. The summed E-state index contributed by atoms with van der Waals surface area (Å²) in [4.78, 5) is 22.5. The van der Waals surface area contributed by atoms with E-state index in [1.54, 1.807) is 11.3 Å². The van der Waals surface area contributed by atoms with Crippen LogP contribution in [0.25, 0.3) is 105 Å². The van der Waals surface area contributed by atoms with Gasteiger partial charge in [-0.05, 0) is 139 Å². The van der Waals surface area contributed by atoms with Crippen molar-refractivity contribution in [3.8, 4) is 85.5 Å². The number of fused-ring (bicyclic) bond motifs is 3. The van der Waals surface area contributed by atoms with Crippen molar-refractivity contribution < 1.29 is 9.47 Å². The maximum absolute atomic E-state index is 6.95. The third-order valence-corrected chi connectivity index (χ3v) is 24.9. The number of unbranched alkanes of at least 4 members (excludes halogenated alkanes) is 4. The lowest BCUT2D eigenvalue weighted by Gasteiger charge is -2.21. The summed E-state index contributed by atoms with van der Waals surface area (Å²) in [6.07, 6.45) is 21.7. The van der Waals surface area contributed by atoms with Crippen molar-refractivity contribution in [1.29, 1.82) is 0 Å². The van der Waals surface area contributed by atoms with Gasteiger partial charge >= 0.3 is 0 Å². The zero-order chi connectivity index (χ0) is 60.9. The number of hydrogen-bond acceptors (Lipinski definition) is 10. The highest BCUT2D eigenvalue weighted by Crippen LogP contribution is 2.54. The van der Waals surface area contributed by atoms with Crippen LogP contribution in [0.4, 0.5) is 0 Å². The number of benzene rings is 4. The summed E-state index contributed by atoms with van der Waals surface area (Å²) in [7, 11) is 0. The topological polar surface area (TPSA) is 44.2 Å². The van der Waals surface area contributed by atoms with Crippen LogP contribution >= 0.6 is 68.0 Å². The first kappa shape index (κ1) is 64.1. The molecule has 0 bridgehead atoms. The standard InChI is InChI=1S/C78H90N2O2S6/c1-9-17-26-51(13-5)46-55-35-39-68(85-55)71-61-43-45-84-77(61)72(69-40-36-56(86-69)47-52(14-6)27-18-10-2)62-48-70(88-78(62)71)67-42-41-66(87-67)60-38-37-59(65-34-25-44-83-65)75-76(60)80-74(58-31-22-24-33-64(58)82-50-54(16-8)29-20-12-4)73(79-75)57-30-21-23-32-63(57)81-49-53(15-7)28-19-11-3/h21-25,30-45,48,51-54H,9-20,26-29,46-47,49-50H2,1-8H3. The van der Waals surface area contributed by atoms with Gasteiger partial charge in [-0.3, -0.25) is 0 Å². The maximum atomic E-state index is 6.95. The molecule has 0 spiro atoms. The fourth-order valence-corrected chi connectivity index (χ4v) is 19.3. The van der Waals surface area contributed by atoms with Crippen molar-refractivity contribution in [2.45, 2.75) is 171 Å². The molecular formula is C78H90N2O2S6. The molecule has 11 aromatic rings. The van der Waals surface area contributed by atoms with E-state index in [1.807, 2.05) is 56.7 Å². The lowest BCUT2D eigenvalue weighted by atomic mass is 9.95. The molecule has 0 saturated heterocycles. The van der Waals surface area contributed by atoms with Crippen molar-refractivity contribution in [3.63, 3.8) is 0 Å². The Morgan fingerprint density at radius 3 is 1.38 bits per heavy atom. The first-order valence-electron chi connectivity index (χ1n) is 33.4. The predicted molar refractivity (Wildman–Crippen MR) is 391 cm³/mol. The predicted octanol–water partition coefficient (Wildman–Crippen LogP) is 26.7. The second-order valence-corrected chi connectivity index (χ2v) is 30.7. The van der Waals surface area contributed by atoms with Crippen molar-refractivity contribution in [2.75, 3.05) is 13.2 Å². The molecule has 11 rings (SSSR count). The molecule has 0 saturated carbocycles. The Labute approximate surface area is 549 Å². The van der Waals surface area contributed by atoms with E-state index in [9.17, 15) is 0 Å². The summed E-state index contributed by atoms with van der Waals surface area (Å²) in [5.41, 5.74) is 10.2. The highest BCUT2D eigenvalue weighted by atomic mass is 32.1. The highest BCUT2D eigenvalue weighted by molar-refractivity contribution is 7.28. The molecule has 4 atom stereocenters. The summed E-state index contributed by atoms with van der Waals surface area (Å²) in [6.45, 7) is 19.9. The van der Waals surface area contributed by atoms with Gasteiger partial charge in [-0.15, -0.1) is 68.0 Å². The number of nitrogens with zero attached hydrogens (tertiary/aromatic N) is 2. The average Bonchev–Trinajstić information content (AvgIpc) is 1.59. The third kappa shape index (κ3) is 14.5. The van der Waals surface area contributed by atoms with Crippen LogP contribution in [0.5, 0.6) is 11.5 Å². The third-order valence-electron chi connectivity index (χ3n) is 18.3. The zero-order valence-electron chi connectivity index (χ0n) is 53.3. The van der Waals surface area contributed by atoms with Gasteiger partial charge in [-0.25, -0.2) is 9.97 Å².